The Bertz CT molecular complexity index is 1520. The van der Waals surface area contributed by atoms with Gasteiger partial charge in [-0.1, -0.05) is 0 Å². The molecule has 13 heteroatoms. The molecule has 40 heavy (non-hydrogen) atoms. The molecule has 214 valence electrons. The molecule has 0 amide bonds. The highest BCUT2D eigenvalue weighted by Gasteiger charge is 2.52. The summed E-state index contributed by atoms with van der Waals surface area (Å²) in [5, 5.41) is 0.925. The highest BCUT2D eigenvalue weighted by Crippen LogP contribution is 2.72. The first-order valence-electron chi connectivity index (χ1n) is 13.1. The maximum absolute atomic E-state index is 13.7. The Morgan fingerprint density at radius 2 is 1.77 bits per heavy atom. The Balaban J connectivity index is 1.29. The Morgan fingerprint density at radius 3 is 2.48 bits per heavy atom. The van der Waals surface area contributed by atoms with Crippen molar-refractivity contribution in [3.63, 3.8) is 0 Å². The van der Waals surface area contributed by atoms with Crippen molar-refractivity contribution in [3.8, 4) is 16.3 Å². The van der Waals surface area contributed by atoms with Gasteiger partial charge in [-0.25, -0.2) is 4.98 Å². The maximum Gasteiger partial charge on any atom is 0.346 e. The van der Waals surface area contributed by atoms with Crippen LogP contribution in [0.25, 0.3) is 20.7 Å². The summed E-state index contributed by atoms with van der Waals surface area (Å²) in [6.45, 7) is 6.72. The van der Waals surface area contributed by atoms with Crippen molar-refractivity contribution in [2.75, 3.05) is 33.0 Å². The molecule has 1 aliphatic heterocycles. The predicted molar refractivity (Wildman–Crippen MR) is 159 cm³/mol. The molecule has 0 saturated carbocycles. The number of rotatable bonds is 13. The van der Waals surface area contributed by atoms with Gasteiger partial charge in [-0.15, -0.1) is 22.7 Å². The predicted octanol–water partition coefficient (Wildman–Crippen LogP) is 7.72. The van der Waals surface area contributed by atoms with E-state index >= 15 is 0 Å². The standard InChI is InChI=1S/C27H32N2O7P2S2/c1-4-33-37(30,34-5-2)26(38(31)35-14-15-36-38)18-23-17-21-16-22(6-7-25(21)40-23)32-13-10-24-19(3)39-27(29-24)20-8-11-28-12-9-20/h6-9,11-12,16-17,26H,4-5,10,13-15,18H2,1-3H3. The summed E-state index contributed by atoms with van der Waals surface area (Å²) in [4.78, 5) is 10.9. The van der Waals surface area contributed by atoms with Gasteiger partial charge in [0, 0.05) is 45.3 Å². The Labute approximate surface area is 241 Å². The summed E-state index contributed by atoms with van der Waals surface area (Å²) in [6, 6.07) is 11.8. The molecule has 9 nitrogen and oxygen atoms in total. The molecular weight excluding hydrogens is 590 g/mol. The number of aryl methyl sites for hydroxylation is 1. The lowest BCUT2D eigenvalue weighted by molar-refractivity contribution is 0.213. The van der Waals surface area contributed by atoms with Crippen LogP contribution in [0.3, 0.4) is 0 Å². The van der Waals surface area contributed by atoms with E-state index in [-0.39, 0.29) is 32.8 Å². The van der Waals surface area contributed by atoms with Crippen LogP contribution >= 0.6 is 37.9 Å². The van der Waals surface area contributed by atoms with Gasteiger partial charge in [-0.05, 0) is 62.6 Å². The molecule has 1 aromatic carbocycles. The second-order valence-electron chi connectivity index (χ2n) is 9.04. The lowest BCUT2D eigenvalue weighted by Gasteiger charge is -2.28. The zero-order valence-corrected chi connectivity index (χ0v) is 26.0. The average molecular weight is 623 g/mol. The molecule has 1 unspecified atom stereocenters. The lowest BCUT2D eigenvalue weighted by atomic mass is 10.2. The number of fused-ring (bicyclic) bond motifs is 1. The van der Waals surface area contributed by atoms with Crippen LogP contribution in [0, 0.1) is 6.92 Å². The molecule has 0 bridgehead atoms. The topological polar surface area (TPSA) is 106 Å². The fourth-order valence-electron chi connectivity index (χ4n) is 4.49. The van der Waals surface area contributed by atoms with Crippen LogP contribution in [0.1, 0.15) is 29.3 Å². The normalized spacial score (nSPS) is 16.0. The van der Waals surface area contributed by atoms with Crippen molar-refractivity contribution in [3.05, 3.63) is 64.2 Å². The highest BCUT2D eigenvalue weighted by atomic mass is 32.1. The summed E-state index contributed by atoms with van der Waals surface area (Å²) in [5.74, 6) is 0.750. The van der Waals surface area contributed by atoms with Crippen LogP contribution in [0.4, 0.5) is 0 Å². The summed E-state index contributed by atoms with van der Waals surface area (Å²) < 4.78 is 56.5. The minimum atomic E-state index is -3.77. The monoisotopic (exact) mass is 622 g/mol. The van der Waals surface area contributed by atoms with E-state index in [1.165, 1.54) is 16.2 Å². The van der Waals surface area contributed by atoms with Crippen LogP contribution in [-0.4, -0.2) is 48.4 Å². The van der Waals surface area contributed by atoms with Gasteiger partial charge in [-0.3, -0.25) is 14.1 Å². The van der Waals surface area contributed by atoms with E-state index in [0.717, 1.165) is 37.0 Å². The van der Waals surface area contributed by atoms with Crippen LogP contribution in [0.5, 0.6) is 5.75 Å². The number of thiazole rings is 1. The van der Waals surface area contributed by atoms with Crippen molar-refractivity contribution in [1.29, 1.82) is 0 Å². The molecule has 0 spiro atoms. The first-order valence-corrected chi connectivity index (χ1v) is 18.0. The smallest absolute Gasteiger partial charge is 0.346 e. The van der Waals surface area contributed by atoms with Crippen LogP contribution in [0.2, 0.25) is 0 Å². The van der Waals surface area contributed by atoms with Crippen LogP contribution in [-0.2, 0) is 40.1 Å². The quantitative estimate of drug-likeness (QED) is 0.139. The molecule has 0 radical (unpaired) electrons. The molecule has 1 saturated heterocycles. The molecule has 1 aliphatic rings. The van der Waals surface area contributed by atoms with E-state index in [2.05, 4.69) is 11.9 Å². The minimum Gasteiger partial charge on any atom is -0.493 e. The number of nitrogens with zero attached hydrogens (tertiary/aromatic N) is 2. The highest BCUT2D eigenvalue weighted by molar-refractivity contribution is 7.72. The summed E-state index contributed by atoms with van der Waals surface area (Å²) in [5.41, 5.74) is 2.09. The molecule has 4 heterocycles. The fraction of sp³-hybridized carbons (Fsp3) is 0.407. The van der Waals surface area contributed by atoms with E-state index in [4.69, 9.17) is 27.8 Å². The molecule has 4 aromatic rings. The maximum atomic E-state index is 13.7. The lowest BCUT2D eigenvalue weighted by Crippen LogP contribution is -2.17. The zero-order valence-electron chi connectivity index (χ0n) is 22.6. The van der Waals surface area contributed by atoms with Crippen molar-refractivity contribution >= 4 is 48.0 Å². The van der Waals surface area contributed by atoms with Gasteiger partial charge in [0.2, 0.25) is 0 Å². The molecular formula is C27H32N2O7P2S2. The second-order valence-corrected chi connectivity index (χ2v) is 16.3. The summed E-state index contributed by atoms with van der Waals surface area (Å²) >= 11 is 3.21. The van der Waals surface area contributed by atoms with Crippen molar-refractivity contribution in [2.45, 2.75) is 39.0 Å². The number of ether oxygens (including phenoxy) is 1. The summed E-state index contributed by atoms with van der Waals surface area (Å²) in [7, 11) is -7.45. The molecule has 1 fully saturated rings. The van der Waals surface area contributed by atoms with Crippen LogP contribution in [0.15, 0.2) is 48.8 Å². The first kappa shape index (κ1) is 29.5. The third-order valence-corrected chi connectivity index (χ3v) is 14.4. The Kier molecular flexibility index (Phi) is 9.55. The van der Waals surface area contributed by atoms with E-state index in [9.17, 15) is 9.13 Å². The molecule has 0 aliphatic carbocycles. The van der Waals surface area contributed by atoms with E-state index in [1.54, 1.807) is 37.6 Å². The zero-order chi connectivity index (χ0) is 28.2. The van der Waals surface area contributed by atoms with Gasteiger partial charge in [0.15, 0.2) is 5.40 Å². The fourth-order valence-corrected chi connectivity index (χ4v) is 12.0. The molecule has 1 atom stereocenters. The molecule has 5 rings (SSSR count). The Morgan fingerprint density at radius 1 is 1.05 bits per heavy atom. The molecule has 3 aromatic heterocycles. The number of pyridine rings is 1. The Hall–Kier alpha value is -1.94. The van der Waals surface area contributed by atoms with Gasteiger partial charge in [0.25, 0.3) is 0 Å². The number of hydrogen-bond donors (Lipinski definition) is 0. The minimum absolute atomic E-state index is 0.159. The largest absolute Gasteiger partial charge is 0.493 e. The van der Waals surface area contributed by atoms with Gasteiger partial charge in [-0.2, -0.15) is 0 Å². The first-order chi connectivity index (χ1) is 19.3. The number of aromatic nitrogens is 2. The number of hydrogen-bond acceptors (Lipinski definition) is 11. The average Bonchev–Trinajstić information content (AvgIpc) is 3.66. The number of benzene rings is 1. The summed E-state index contributed by atoms with van der Waals surface area (Å²) in [6.07, 6.45) is 4.43. The van der Waals surface area contributed by atoms with E-state index in [0.29, 0.717) is 13.0 Å². The van der Waals surface area contributed by atoms with Crippen molar-refractivity contribution < 1.29 is 32.0 Å². The second kappa shape index (κ2) is 12.9. The third-order valence-electron chi connectivity index (χ3n) is 6.32. The van der Waals surface area contributed by atoms with Gasteiger partial charge in [0.05, 0.1) is 38.7 Å². The molecule has 0 N–H and O–H groups in total. The van der Waals surface area contributed by atoms with Gasteiger partial charge in [0.1, 0.15) is 10.8 Å². The van der Waals surface area contributed by atoms with Gasteiger partial charge >= 0.3 is 15.2 Å². The third kappa shape index (κ3) is 6.58. The van der Waals surface area contributed by atoms with E-state index < -0.39 is 20.6 Å². The van der Waals surface area contributed by atoms with Crippen molar-refractivity contribution in [1.82, 2.24) is 9.97 Å². The van der Waals surface area contributed by atoms with Crippen molar-refractivity contribution in [2.24, 2.45) is 0 Å². The van der Waals surface area contributed by atoms with E-state index in [1.807, 2.05) is 36.4 Å². The number of thiophene rings is 1. The SMILES string of the molecule is CCOP(=O)(OCC)C(Cc1cc2cc(OCCc3nc(-c4ccncc4)sc3C)ccc2s1)P1(=O)OCCO1. The van der Waals surface area contributed by atoms with Gasteiger partial charge < -0.3 is 22.8 Å². The van der Waals surface area contributed by atoms with Crippen LogP contribution < -0.4 is 4.74 Å².